The van der Waals surface area contributed by atoms with Crippen LogP contribution in [0.25, 0.3) is 11.5 Å². The van der Waals surface area contributed by atoms with Gasteiger partial charge in [-0.15, -0.1) is 0 Å². The highest BCUT2D eigenvalue weighted by atomic mass is 16.3. The number of aliphatic hydroxyl groups excluding tert-OH is 1. The number of rotatable bonds is 5. The summed E-state index contributed by atoms with van der Waals surface area (Å²) in [6.45, 7) is 4.23. The van der Waals surface area contributed by atoms with Gasteiger partial charge in [0, 0.05) is 17.3 Å². The molecule has 2 aromatic carbocycles. The van der Waals surface area contributed by atoms with Crippen LogP contribution < -0.4 is 5.32 Å². The van der Waals surface area contributed by atoms with E-state index < -0.39 is 0 Å². The van der Waals surface area contributed by atoms with Gasteiger partial charge in [-0.25, -0.2) is 4.98 Å². The Morgan fingerprint density at radius 3 is 2.83 bits per heavy atom. The van der Waals surface area contributed by atoms with Gasteiger partial charge in [-0.2, -0.15) is 0 Å². The monoisotopic (exact) mass is 308 g/mol. The minimum Gasteiger partial charge on any atom is -0.445 e. The average Bonchev–Trinajstić information content (AvgIpc) is 3.11. The van der Waals surface area contributed by atoms with E-state index in [9.17, 15) is 5.11 Å². The van der Waals surface area contributed by atoms with E-state index in [1.165, 1.54) is 0 Å². The summed E-state index contributed by atoms with van der Waals surface area (Å²) in [5.41, 5.74) is 5.20. The normalized spacial score (nSPS) is 12.1. The third-order valence-electron chi connectivity index (χ3n) is 3.92. The lowest BCUT2D eigenvalue weighted by molar-refractivity contribution is 0.281. The molecular formula is C19H20N2O2. The first-order chi connectivity index (χ1) is 11.2. The molecule has 0 spiro atoms. The second-order valence-corrected chi connectivity index (χ2v) is 5.64. The number of aromatic nitrogens is 1. The first-order valence-electron chi connectivity index (χ1n) is 7.64. The van der Waals surface area contributed by atoms with Crippen LogP contribution in [0.2, 0.25) is 0 Å². The van der Waals surface area contributed by atoms with Crippen molar-refractivity contribution in [1.29, 1.82) is 0 Å². The van der Waals surface area contributed by atoms with Gasteiger partial charge in [-0.3, -0.25) is 0 Å². The van der Waals surface area contributed by atoms with E-state index in [1.807, 2.05) is 30.3 Å². The fraction of sp³-hybridized carbons (Fsp3) is 0.211. The van der Waals surface area contributed by atoms with E-state index in [0.29, 0.717) is 5.89 Å². The first-order valence-corrected chi connectivity index (χ1v) is 7.64. The quantitative estimate of drug-likeness (QED) is 0.737. The molecule has 1 atom stereocenters. The zero-order valence-electron chi connectivity index (χ0n) is 13.3. The van der Waals surface area contributed by atoms with Crippen molar-refractivity contribution < 1.29 is 9.52 Å². The molecular weight excluding hydrogens is 288 g/mol. The van der Waals surface area contributed by atoms with E-state index in [1.54, 1.807) is 12.5 Å². The Hall–Kier alpha value is -2.59. The minimum atomic E-state index is 0.0548. The van der Waals surface area contributed by atoms with Crippen LogP contribution in [0.1, 0.15) is 29.7 Å². The van der Waals surface area contributed by atoms with E-state index >= 15 is 0 Å². The standard InChI is InChI=1S/C19H20N2O2/c1-13-6-7-17(19-20-8-9-23-19)11-18(13)21-14(2)16-5-3-4-15(10-16)12-22/h3-11,14,21-22H,12H2,1-2H3. The van der Waals surface area contributed by atoms with Crippen LogP contribution in [0.15, 0.2) is 59.3 Å². The van der Waals surface area contributed by atoms with Crippen molar-refractivity contribution in [2.75, 3.05) is 5.32 Å². The lowest BCUT2D eigenvalue weighted by Crippen LogP contribution is -2.08. The first kappa shape index (κ1) is 15.3. The van der Waals surface area contributed by atoms with Crippen molar-refractivity contribution in [2.45, 2.75) is 26.5 Å². The molecule has 4 heteroatoms. The Kier molecular flexibility index (Phi) is 4.44. The summed E-state index contributed by atoms with van der Waals surface area (Å²) in [6.07, 6.45) is 3.22. The molecule has 23 heavy (non-hydrogen) atoms. The molecule has 2 N–H and O–H groups in total. The van der Waals surface area contributed by atoms with Crippen molar-refractivity contribution in [1.82, 2.24) is 4.98 Å². The van der Waals surface area contributed by atoms with E-state index in [2.05, 4.69) is 36.3 Å². The second-order valence-electron chi connectivity index (χ2n) is 5.64. The Labute approximate surface area is 135 Å². The van der Waals surface area contributed by atoms with E-state index in [4.69, 9.17) is 4.42 Å². The van der Waals surface area contributed by atoms with Crippen LogP contribution >= 0.6 is 0 Å². The van der Waals surface area contributed by atoms with Gasteiger partial charge in [0.2, 0.25) is 5.89 Å². The maximum atomic E-state index is 9.28. The molecule has 0 aliphatic rings. The molecule has 118 valence electrons. The highest BCUT2D eigenvalue weighted by molar-refractivity contribution is 5.64. The summed E-state index contributed by atoms with van der Waals surface area (Å²) in [6, 6.07) is 14.2. The van der Waals surface area contributed by atoms with Crippen LogP contribution in [-0.4, -0.2) is 10.1 Å². The number of aliphatic hydroxyl groups is 1. The molecule has 0 fully saturated rings. The van der Waals surface area contributed by atoms with Gasteiger partial charge in [0.25, 0.3) is 0 Å². The number of hydrogen-bond acceptors (Lipinski definition) is 4. The second kappa shape index (κ2) is 6.67. The Balaban J connectivity index is 1.85. The predicted molar refractivity (Wildman–Crippen MR) is 91.1 cm³/mol. The van der Waals surface area contributed by atoms with Gasteiger partial charge >= 0.3 is 0 Å². The van der Waals surface area contributed by atoms with Gasteiger partial charge < -0.3 is 14.8 Å². The van der Waals surface area contributed by atoms with Crippen molar-refractivity contribution in [3.05, 3.63) is 71.6 Å². The fourth-order valence-electron chi connectivity index (χ4n) is 2.55. The lowest BCUT2D eigenvalue weighted by atomic mass is 10.0. The summed E-state index contributed by atoms with van der Waals surface area (Å²) in [5.74, 6) is 0.614. The molecule has 4 nitrogen and oxygen atoms in total. The third kappa shape index (κ3) is 3.43. The SMILES string of the molecule is Cc1ccc(-c2ncco2)cc1NC(C)c1cccc(CO)c1. The smallest absolute Gasteiger partial charge is 0.225 e. The van der Waals surface area contributed by atoms with Gasteiger partial charge in [0.1, 0.15) is 6.26 Å². The summed E-state index contributed by atoms with van der Waals surface area (Å²) in [4.78, 5) is 4.20. The molecule has 0 saturated carbocycles. The van der Waals surface area contributed by atoms with Crippen molar-refractivity contribution in [2.24, 2.45) is 0 Å². The number of nitrogens with zero attached hydrogens (tertiary/aromatic N) is 1. The highest BCUT2D eigenvalue weighted by Gasteiger charge is 2.10. The van der Waals surface area contributed by atoms with Crippen molar-refractivity contribution in [3.63, 3.8) is 0 Å². The molecule has 0 saturated heterocycles. The predicted octanol–water partition coefficient (Wildman–Crippen LogP) is 4.32. The molecule has 0 aliphatic heterocycles. The molecule has 1 heterocycles. The maximum absolute atomic E-state index is 9.28. The number of aryl methyl sites for hydroxylation is 1. The summed E-state index contributed by atoms with van der Waals surface area (Å²) < 4.78 is 5.37. The van der Waals surface area contributed by atoms with Gasteiger partial charge in [0.05, 0.1) is 12.8 Å². The zero-order valence-corrected chi connectivity index (χ0v) is 13.3. The van der Waals surface area contributed by atoms with Gasteiger partial charge in [-0.05, 0) is 42.7 Å². The molecule has 3 rings (SSSR count). The van der Waals surface area contributed by atoms with Crippen LogP contribution in [0.4, 0.5) is 5.69 Å². The van der Waals surface area contributed by atoms with Crippen LogP contribution in [-0.2, 0) is 6.61 Å². The summed E-state index contributed by atoms with van der Waals surface area (Å²) in [7, 11) is 0. The number of anilines is 1. The average molecular weight is 308 g/mol. The fourth-order valence-corrected chi connectivity index (χ4v) is 2.55. The van der Waals surface area contributed by atoms with Crippen molar-refractivity contribution in [3.8, 4) is 11.5 Å². The molecule has 0 aliphatic carbocycles. The number of nitrogens with one attached hydrogen (secondary N) is 1. The number of oxazole rings is 1. The van der Waals surface area contributed by atoms with Gasteiger partial charge in [0.15, 0.2) is 0 Å². The van der Waals surface area contributed by atoms with Crippen LogP contribution in [0, 0.1) is 6.92 Å². The zero-order chi connectivity index (χ0) is 16.2. The maximum Gasteiger partial charge on any atom is 0.225 e. The Morgan fingerprint density at radius 2 is 2.09 bits per heavy atom. The number of benzene rings is 2. The van der Waals surface area contributed by atoms with Crippen LogP contribution in [0.5, 0.6) is 0 Å². The third-order valence-corrected chi connectivity index (χ3v) is 3.92. The van der Waals surface area contributed by atoms with Crippen molar-refractivity contribution >= 4 is 5.69 Å². The Morgan fingerprint density at radius 1 is 1.22 bits per heavy atom. The lowest BCUT2D eigenvalue weighted by Gasteiger charge is -2.18. The topological polar surface area (TPSA) is 58.3 Å². The Bertz CT molecular complexity index is 782. The minimum absolute atomic E-state index is 0.0548. The highest BCUT2D eigenvalue weighted by Crippen LogP contribution is 2.27. The molecule has 1 aromatic heterocycles. The summed E-state index contributed by atoms with van der Waals surface area (Å²) >= 11 is 0. The van der Waals surface area contributed by atoms with Gasteiger partial charge in [-0.1, -0.05) is 30.3 Å². The van der Waals surface area contributed by atoms with E-state index in [-0.39, 0.29) is 12.6 Å². The molecule has 1 unspecified atom stereocenters. The molecule has 0 amide bonds. The largest absolute Gasteiger partial charge is 0.445 e. The number of hydrogen-bond donors (Lipinski definition) is 2. The molecule has 0 radical (unpaired) electrons. The molecule has 0 bridgehead atoms. The summed E-state index contributed by atoms with van der Waals surface area (Å²) in [5, 5.41) is 12.8. The van der Waals surface area contributed by atoms with E-state index in [0.717, 1.165) is 27.9 Å². The van der Waals surface area contributed by atoms with Crippen LogP contribution in [0.3, 0.4) is 0 Å². The molecule has 3 aromatic rings.